The maximum atomic E-state index is 12.7. The molecule has 1 aromatic heterocycles. The molecule has 1 saturated heterocycles. The van der Waals surface area contributed by atoms with Crippen LogP contribution in [0, 0.1) is 0 Å². The first-order valence-electron chi connectivity index (χ1n) is 9.89. The largest absolute Gasteiger partial charge is 0.419 e. The molecule has 1 fully saturated rings. The van der Waals surface area contributed by atoms with E-state index in [-0.39, 0.29) is 29.4 Å². The molecular formula is C21H23N3O5S. The van der Waals surface area contributed by atoms with Gasteiger partial charge in [0.25, 0.3) is 0 Å². The van der Waals surface area contributed by atoms with E-state index in [0.29, 0.717) is 25.2 Å². The molecule has 0 spiro atoms. The summed E-state index contributed by atoms with van der Waals surface area (Å²) in [7, 11) is -3.60. The minimum atomic E-state index is -3.60. The summed E-state index contributed by atoms with van der Waals surface area (Å²) in [6.45, 7) is 1.57. The number of fused-ring (bicyclic) bond motifs is 1. The molecule has 2 heterocycles. The van der Waals surface area contributed by atoms with E-state index in [1.807, 2.05) is 30.3 Å². The molecule has 1 amide bonds. The number of sulfonamides is 1. The van der Waals surface area contributed by atoms with Crippen LogP contribution in [0.15, 0.2) is 62.6 Å². The third-order valence-electron chi connectivity index (χ3n) is 5.24. The van der Waals surface area contributed by atoms with E-state index in [4.69, 9.17) is 4.42 Å². The van der Waals surface area contributed by atoms with Gasteiger partial charge < -0.3 is 9.73 Å². The van der Waals surface area contributed by atoms with Gasteiger partial charge in [-0.05, 0) is 30.5 Å². The fourth-order valence-electron chi connectivity index (χ4n) is 3.59. The molecule has 158 valence electrons. The van der Waals surface area contributed by atoms with Crippen LogP contribution in [0.4, 0.5) is 0 Å². The smallest absolute Gasteiger partial charge is 0.408 e. The van der Waals surface area contributed by atoms with E-state index in [0.717, 1.165) is 18.4 Å². The average Bonchev–Trinajstić information content (AvgIpc) is 3.39. The number of carbonyl (C=O) groups is 1. The van der Waals surface area contributed by atoms with Crippen LogP contribution in [0.3, 0.4) is 0 Å². The zero-order chi connectivity index (χ0) is 21.1. The van der Waals surface area contributed by atoms with Crippen LogP contribution >= 0.6 is 0 Å². The number of rotatable bonds is 7. The van der Waals surface area contributed by atoms with Crippen LogP contribution in [-0.2, 0) is 27.9 Å². The van der Waals surface area contributed by atoms with Gasteiger partial charge in [0.05, 0.1) is 10.4 Å². The number of nitrogens with zero attached hydrogens (tertiary/aromatic N) is 2. The van der Waals surface area contributed by atoms with Crippen molar-refractivity contribution in [1.29, 1.82) is 0 Å². The standard InChI is InChI=1S/C21H23N3O5S/c25-20(22-15-16-6-2-1-3-7-16)10-13-24-18-9-8-17(14-19(18)29-21(24)26)30(27,28)23-11-4-5-12-23/h1-3,6-9,14H,4-5,10-13,15H2,(H,22,25). The third-order valence-corrected chi connectivity index (χ3v) is 7.13. The molecule has 8 nitrogen and oxygen atoms in total. The number of hydrogen-bond donors (Lipinski definition) is 1. The van der Waals surface area contributed by atoms with Crippen LogP contribution in [0.25, 0.3) is 11.1 Å². The molecule has 0 saturated carbocycles. The molecule has 3 aromatic rings. The lowest BCUT2D eigenvalue weighted by atomic mass is 10.2. The van der Waals surface area contributed by atoms with Crippen molar-refractivity contribution in [2.24, 2.45) is 0 Å². The summed E-state index contributed by atoms with van der Waals surface area (Å²) in [6.07, 6.45) is 1.80. The lowest BCUT2D eigenvalue weighted by molar-refractivity contribution is -0.121. The van der Waals surface area contributed by atoms with Gasteiger partial charge in [0.15, 0.2) is 5.58 Å². The second-order valence-corrected chi connectivity index (χ2v) is 9.21. The van der Waals surface area contributed by atoms with Gasteiger partial charge in [0.2, 0.25) is 15.9 Å². The number of carbonyl (C=O) groups excluding carboxylic acids is 1. The molecule has 0 atom stereocenters. The number of amides is 1. The number of aromatic nitrogens is 1. The molecule has 0 aliphatic carbocycles. The van der Waals surface area contributed by atoms with Crippen LogP contribution in [0.5, 0.6) is 0 Å². The molecule has 0 radical (unpaired) electrons. The lowest BCUT2D eigenvalue weighted by Gasteiger charge is -2.15. The predicted octanol–water partition coefficient (Wildman–Crippen LogP) is 2.09. The van der Waals surface area contributed by atoms with E-state index < -0.39 is 15.8 Å². The minimum absolute atomic E-state index is 0.106. The molecule has 2 aromatic carbocycles. The Balaban J connectivity index is 1.46. The second kappa shape index (κ2) is 8.45. The summed E-state index contributed by atoms with van der Waals surface area (Å²) >= 11 is 0. The van der Waals surface area contributed by atoms with Crippen molar-refractivity contribution in [2.45, 2.75) is 37.2 Å². The van der Waals surface area contributed by atoms with E-state index in [1.165, 1.54) is 21.0 Å². The highest BCUT2D eigenvalue weighted by atomic mass is 32.2. The van der Waals surface area contributed by atoms with E-state index in [2.05, 4.69) is 5.32 Å². The first kappa shape index (κ1) is 20.4. The molecule has 4 rings (SSSR count). The van der Waals surface area contributed by atoms with Crippen molar-refractivity contribution in [3.8, 4) is 0 Å². The highest BCUT2D eigenvalue weighted by Gasteiger charge is 2.28. The molecule has 30 heavy (non-hydrogen) atoms. The van der Waals surface area contributed by atoms with Crippen LogP contribution in [0.1, 0.15) is 24.8 Å². The Hall–Kier alpha value is -2.91. The average molecular weight is 429 g/mol. The van der Waals surface area contributed by atoms with Gasteiger partial charge >= 0.3 is 5.76 Å². The molecule has 1 aliphatic heterocycles. The van der Waals surface area contributed by atoms with Gasteiger partial charge in [0.1, 0.15) is 0 Å². The number of benzene rings is 2. The summed E-state index contributed by atoms with van der Waals surface area (Å²) in [5.41, 5.74) is 1.66. The topological polar surface area (TPSA) is 102 Å². The van der Waals surface area contributed by atoms with Gasteiger partial charge in [0, 0.05) is 38.7 Å². The molecule has 9 heteroatoms. The van der Waals surface area contributed by atoms with Crippen molar-refractivity contribution in [3.63, 3.8) is 0 Å². The molecule has 1 aliphatic rings. The van der Waals surface area contributed by atoms with E-state index in [9.17, 15) is 18.0 Å². The summed E-state index contributed by atoms with van der Waals surface area (Å²) in [5, 5.41) is 2.82. The maximum Gasteiger partial charge on any atom is 0.419 e. The Labute approximate surface area is 174 Å². The van der Waals surface area contributed by atoms with Crippen LogP contribution in [-0.4, -0.2) is 36.3 Å². The Morgan fingerprint density at radius 1 is 1.07 bits per heavy atom. The molecular weight excluding hydrogens is 406 g/mol. The summed E-state index contributed by atoms with van der Waals surface area (Å²) in [6, 6.07) is 14.0. The van der Waals surface area contributed by atoms with Gasteiger partial charge in [-0.2, -0.15) is 4.31 Å². The molecule has 0 unspecified atom stereocenters. The van der Waals surface area contributed by atoms with Crippen molar-refractivity contribution in [3.05, 3.63) is 64.6 Å². The minimum Gasteiger partial charge on any atom is -0.408 e. The van der Waals surface area contributed by atoms with Gasteiger partial charge in [-0.25, -0.2) is 13.2 Å². The fraction of sp³-hybridized carbons (Fsp3) is 0.333. The second-order valence-electron chi connectivity index (χ2n) is 7.27. The normalized spacial score (nSPS) is 14.9. The monoisotopic (exact) mass is 429 g/mol. The van der Waals surface area contributed by atoms with Crippen LogP contribution in [0.2, 0.25) is 0 Å². The van der Waals surface area contributed by atoms with Gasteiger partial charge in [-0.3, -0.25) is 9.36 Å². The number of oxazole rings is 1. The van der Waals surface area contributed by atoms with E-state index in [1.54, 1.807) is 6.07 Å². The van der Waals surface area contributed by atoms with Crippen molar-refractivity contribution >= 4 is 27.0 Å². The number of hydrogen-bond acceptors (Lipinski definition) is 5. The zero-order valence-corrected chi connectivity index (χ0v) is 17.2. The fourth-order valence-corrected chi connectivity index (χ4v) is 5.13. The Morgan fingerprint density at radius 3 is 2.53 bits per heavy atom. The Bertz CT molecular complexity index is 1210. The maximum absolute atomic E-state index is 12.7. The van der Waals surface area contributed by atoms with Crippen molar-refractivity contribution in [1.82, 2.24) is 14.2 Å². The zero-order valence-electron chi connectivity index (χ0n) is 16.4. The highest BCUT2D eigenvalue weighted by Crippen LogP contribution is 2.24. The number of nitrogens with one attached hydrogen (secondary N) is 1. The first-order valence-corrected chi connectivity index (χ1v) is 11.3. The SMILES string of the molecule is O=C(CCn1c(=O)oc2cc(S(=O)(=O)N3CCCC3)ccc21)NCc1ccccc1. The summed E-state index contributed by atoms with van der Waals surface area (Å²) in [5.74, 6) is -0.801. The third kappa shape index (κ3) is 4.17. The predicted molar refractivity (Wildman–Crippen MR) is 111 cm³/mol. The van der Waals surface area contributed by atoms with Gasteiger partial charge in [-0.15, -0.1) is 0 Å². The first-order chi connectivity index (χ1) is 14.4. The van der Waals surface area contributed by atoms with Gasteiger partial charge in [-0.1, -0.05) is 30.3 Å². The highest BCUT2D eigenvalue weighted by molar-refractivity contribution is 7.89. The van der Waals surface area contributed by atoms with Crippen LogP contribution < -0.4 is 11.1 Å². The lowest BCUT2D eigenvalue weighted by Crippen LogP contribution is -2.27. The molecule has 0 bridgehead atoms. The van der Waals surface area contributed by atoms with Crippen molar-refractivity contribution in [2.75, 3.05) is 13.1 Å². The quantitative estimate of drug-likeness (QED) is 0.620. The Morgan fingerprint density at radius 2 is 1.80 bits per heavy atom. The Kier molecular flexibility index (Phi) is 5.74. The summed E-state index contributed by atoms with van der Waals surface area (Å²) < 4.78 is 33.5. The van der Waals surface area contributed by atoms with E-state index >= 15 is 0 Å². The summed E-state index contributed by atoms with van der Waals surface area (Å²) in [4.78, 5) is 24.5. The van der Waals surface area contributed by atoms with Crippen molar-refractivity contribution < 1.29 is 17.6 Å². The molecule has 1 N–H and O–H groups in total. The number of aryl methyl sites for hydroxylation is 1.